The smallest absolute Gasteiger partial charge is 0.119 e. The zero-order valence-electron chi connectivity index (χ0n) is 13.8. The molecule has 4 heteroatoms. The molecule has 0 fully saturated rings. The summed E-state index contributed by atoms with van der Waals surface area (Å²) in [6.45, 7) is 1.49. The number of aromatic nitrogens is 1. The normalized spacial score (nSPS) is 16.4. The second kappa shape index (κ2) is 6.84. The number of aromatic amines is 1. The SMILES string of the molecule is C#CCCOc1ccc([C@@H]2NCCc3c2[nH]c2ccc(Cl)cc32)cc1. The van der Waals surface area contributed by atoms with Crippen molar-refractivity contribution < 1.29 is 4.74 Å². The fourth-order valence-electron chi connectivity index (χ4n) is 3.47. The maximum atomic E-state index is 6.19. The van der Waals surface area contributed by atoms with Gasteiger partial charge in [-0.15, -0.1) is 12.3 Å². The van der Waals surface area contributed by atoms with Crippen LogP contribution in [-0.4, -0.2) is 18.1 Å². The summed E-state index contributed by atoms with van der Waals surface area (Å²) in [6, 6.07) is 14.4. The van der Waals surface area contributed by atoms with Gasteiger partial charge >= 0.3 is 0 Å². The maximum absolute atomic E-state index is 6.19. The topological polar surface area (TPSA) is 37.0 Å². The lowest BCUT2D eigenvalue weighted by Gasteiger charge is -2.25. The minimum Gasteiger partial charge on any atom is -0.493 e. The molecule has 1 aliphatic rings. The first-order chi connectivity index (χ1) is 12.3. The summed E-state index contributed by atoms with van der Waals surface area (Å²) in [4.78, 5) is 3.57. The van der Waals surface area contributed by atoms with E-state index in [-0.39, 0.29) is 6.04 Å². The molecule has 4 rings (SSSR count). The molecule has 0 unspecified atom stereocenters. The molecule has 126 valence electrons. The van der Waals surface area contributed by atoms with Crippen molar-refractivity contribution in [2.75, 3.05) is 13.2 Å². The Balaban J connectivity index is 1.64. The van der Waals surface area contributed by atoms with Gasteiger partial charge in [-0.05, 0) is 47.9 Å². The summed E-state index contributed by atoms with van der Waals surface area (Å²) in [5.41, 5.74) is 4.93. The van der Waals surface area contributed by atoms with Crippen LogP contribution < -0.4 is 10.1 Å². The Labute approximate surface area is 152 Å². The Kier molecular flexibility index (Phi) is 4.40. The fraction of sp³-hybridized carbons (Fsp3) is 0.238. The fourth-order valence-corrected chi connectivity index (χ4v) is 3.64. The molecule has 3 nitrogen and oxygen atoms in total. The van der Waals surface area contributed by atoms with Crippen molar-refractivity contribution in [2.45, 2.75) is 18.9 Å². The van der Waals surface area contributed by atoms with E-state index in [2.05, 4.69) is 40.5 Å². The van der Waals surface area contributed by atoms with Crippen molar-refractivity contribution in [1.29, 1.82) is 0 Å². The van der Waals surface area contributed by atoms with Crippen molar-refractivity contribution in [2.24, 2.45) is 0 Å². The molecule has 2 heterocycles. The van der Waals surface area contributed by atoms with E-state index >= 15 is 0 Å². The number of benzene rings is 2. The van der Waals surface area contributed by atoms with E-state index in [1.165, 1.54) is 22.2 Å². The Morgan fingerprint density at radius 3 is 2.84 bits per heavy atom. The van der Waals surface area contributed by atoms with E-state index < -0.39 is 0 Å². The number of nitrogens with one attached hydrogen (secondary N) is 2. The summed E-state index contributed by atoms with van der Waals surface area (Å²) in [6.07, 6.45) is 6.87. The van der Waals surface area contributed by atoms with Gasteiger partial charge in [0.2, 0.25) is 0 Å². The predicted octanol–water partition coefficient (Wildman–Crippen LogP) is 4.46. The van der Waals surface area contributed by atoms with E-state index in [0.29, 0.717) is 13.0 Å². The third kappa shape index (κ3) is 3.11. The molecule has 0 amide bonds. The van der Waals surface area contributed by atoms with Gasteiger partial charge in [0, 0.05) is 34.6 Å². The number of hydrogen-bond donors (Lipinski definition) is 2. The Hall–Kier alpha value is -2.41. The second-order valence-corrected chi connectivity index (χ2v) is 6.65. The number of H-pyrrole nitrogens is 1. The van der Waals surface area contributed by atoms with Crippen LogP contribution in [0, 0.1) is 12.3 Å². The van der Waals surface area contributed by atoms with Crippen LogP contribution in [0.3, 0.4) is 0 Å². The lowest BCUT2D eigenvalue weighted by atomic mass is 9.94. The van der Waals surface area contributed by atoms with Gasteiger partial charge in [-0.25, -0.2) is 0 Å². The minimum absolute atomic E-state index is 0.148. The minimum atomic E-state index is 0.148. The van der Waals surface area contributed by atoms with Gasteiger partial charge in [0.1, 0.15) is 5.75 Å². The molecule has 2 aromatic carbocycles. The summed E-state index contributed by atoms with van der Waals surface area (Å²) in [5, 5.41) is 5.61. The van der Waals surface area contributed by atoms with Crippen LogP contribution in [0.15, 0.2) is 42.5 Å². The van der Waals surface area contributed by atoms with Crippen molar-refractivity contribution in [3.63, 3.8) is 0 Å². The molecule has 25 heavy (non-hydrogen) atoms. The molecule has 0 saturated heterocycles. The van der Waals surface area contributed by atoms with Crippen LogP contribution in [0.25, 0.3) is 10.9 Å². The maximum Gasteiger partial charge on any atom is 0.119 e. The number of ether oxygens (including phenoxy) is 1. The van der Waals surface area contributed by atoms with E-state index in [1.807, 2.05) is 18.2 Å². The summed E-state index contributed by atoms with van der Waals surface area (Å²) >= 11 is 6.19. The Morgan fingerprint density at radius 1 is 1.20 bits per heavy atom. The van der Waals surface area contributed by atoms with E-state index in [9.17, 15) is 0 Å². The van der Waals surface area contributed by atoms with Crippen molar-refractivity contribution in [3.8, 4) is 18.1 Å². The molecule has 0 bridgehead atoms. The van der Waals surface area contributed by atoms with Crippen LogP contribution in [-0.2, 0) is 6.42 Å². The molecular formula is C21H19ClN2O. The third-order valence-corrected chi connectivity index (χ3v) is 4.88. The van der Waals surface area contributed by atoms with E-state index in [0.717, 1.165) is 29.3 Å². The molecule has 1 aliphatic heterocycles. The van der Waals surface area contributed by atoms with Gasteiger partial charge in [-0.3, -0.25) is 0 Å². The first-order valence-electron chi connectivity index (χ1n) is 8.46. The highest BCUT2D eigenvalue weighted by molar-refractivity contribution is 6.31. The molecule has 1 aromatic heterocycles. The lowest BCUT2D eigenvalue weighted by molar-refractivity contribution is 0.327. The number of terminal acetylenes is 1. The van der Waals surface area contributed by atoms with Gasteiger partial charge in [-0.2, -0.15) is 0 Å². The zero-order chi connectivity index (χ0) is 17.2. The number of halogens is 1. The first kappa shape index (κ1) is 16.1. The van der Waals surface area contributed by atoms with Crippen LogP contribution in [0.1, 0.15) is 29.3 Å². The molecule has 0 aliphatic carbocycles. The van der Waals surface area contributed by atoms with Crippen LogP contribution >= 0.6 is 11.6 Å². The first-order valence-corrected chi connectivity index (χ1v) is 8.83. The number of rotatable bonds is 4. The largest absolute Gasteiger partial charge is 0.493 e. The lowest BCUT2D eigenvalue weighted by Crippen LogP contribution is -2.30. The molecular weight excluding hydrogens is 332 g/mol. The molecule has 0 spiro atoms. The van der Waals surface area contributed by atoms with Crippen molar-refractivity contribution >= 4 is 22.5 Å². The van der Waals surface area contributed by atoms with Crippen molar-refractivity contribution in [1.82, 2.24) is 10.3 Å². The van der Waals surface area contributed by atoms with Crippen molar-refractivity contribution in [3.05, 3.63) is 64.3 Å². The highest BCUT2D eigenvalue weighted by Gasteiger charge is 2.25. The molecule has 2 N–H and O–H groups in total. The quantitative estimate of drug-likeness (QED) is 0.538. The highest BCUT2D eigenvalue weighted by atomic mass is 35.5. The van der Waals surface area contributed by atoms with Gasteiger partial charge in [-0.1, -0.05) is 23.7 Å². The molecule has 1 atom stereocenters. The number of fused-ring (bicyclic) bond motifs is 3. The number of hydrogen-bond acceptors (Lipinski definition) is 2. The third-order valence-electron chi connectivity index (χ3n) is 4.64. The summed E-state index contributed by atoms with van der Waals surface area (Å²) < 4.78 is 5.63. The predicted molar refractivity (Wildman–Crippen MR) is 102 cm³/mol. The van der Waals surface area contributed by atoms with Gasteiger partial charge < -0.3 is 15.0 Å². The highest BCUT2D eigenvalue weighted by Crippen LogP contribution is 2.35. The van der Waals surface area contributed by atoms with Gasteiger partial charge in [0.25, 0.3) is 0 Å². The standard InChI is InChI=1S/C21H19ClN2O/c1-2-3-12-25-16-7-4-14(5-8-16)20-21-17(10-11-23-20)18-13-15(22)6-9-19(18)24-21/h1,4-9,13,20,23-24H,3,10-12H2/t20-/m0/s1. The molecule has 3 aromatic rings. The average Bonchev–Trinajstić information content (AvgIpc) is 3.00. The van der Waals surface area contributed by atoms with E-state index in [1.54, 1.807) is 0 Å². The van der Waals surface area contributed by atoms with E-state index in [4.69, 9.17) is 22.8 Å². The Morgan fingerprint density at radius 2 is 2.04 bits per heavy atom. The zero-order valence-corrected chi connectivity index (χ0v) is 14.6. The molecule has 0 radical (unpaired) electrons. The van der Waals surface area contributed by atoms with Gasteiger partial charge in [0.05, 0.1) is 12.6 Å². The Bertz CT molecular complexity index is 937. The summed E-state index contributed by atoms with van der Waals surface area (Å²) in [7, 11) is 0. The molecule has 0 saturated carbocycles. The van der Waals surface area contributed by atoms with Crippen LogP contribution in [0.2, 0.25) is 5.02 Å². The van der Waals surface area contributed by atoms with Crippen LogP contribution in [0.5, 0.6) is 5.75 Å². The monoisotopic (exact) mass is 350 g/mol. The van der Waals surface area contributed by atoms with Crippen LogP contribution in [0.4, 0.5) is 0 Å². The summed E-state index contributed by atoms with van der Waals surface area (Å²) in [5.74, 6) is 3.43. The second-order valence-electron chi connectivity index (χ2n) is 6.22. The average molecular weight is 351 g/mol. The van der Waals surface area contributed by atoms with Gasteiger partial charge in [0.15, 0.2) is 0 Å².